The zero-order valence-electron chi connectivity index (χ0n) is 12.2. The fourth-order valence-electron chi connectivity index (χ4n) is 2.67. The van der Waals surface area contributed by atoms with Crippen LogP contribution < -0.4 is 5.32 Å². The van der Waals surface area contributed by atoms with Crippen molar-refractivity contribution < 1.29 is 4.42 Å². The Kier molecular flexibility index (Phi) is 3.04. The number of imidazole rings is 1. The molecule has 2 heterocycles. The summed E-state index contributed by atoms with van der Waals surface area (Å²) in [6.07, 6.45) is 4.48. The van der Waals surface area contributed by atoms with Gasteiger partial charge in [-0.15, -0.1) is 0 Å². The molecule has 0 radical (unpaired) electrons. The smallest absolute Gasteiger partial charge is 0.124 e. The van der Waals surface area contributed by atoms with Gasteiger partial charge in [0, 0.05) is 6.04 Å². The zero-order valence-corrected chi connectivity index (χ0v) is 12.2. The molecule has 108 valence electrons. The molecule has 1 aliphatic rings. The Morgan fingerprint density at radius 3 is 3.05 bits per heavy atom. The fourth-order valence-corrected chi connectivity index (χ4v) is 2.67. The van der Waals surface area contributed by atoms with E-state index in [9.17, 15) is 0 Å². The van der Waals surface area contributed by atoms with Gasteiger partial charge in [0.1, 0.15) is 11.5 Å². The molecular weight excluding hydrogens is 262 g/mol. The van der Waals surface area contributed by atoms with Crippen LogP contribution in [0.1, 0.15) is 29.9 Å². The Bertz CT molecular complexity index is 767. The van der Waals surface area contributed by atoms with Crippen LogP contribution in [0.25, 0.3) is 11.0 Å². The number of para-hydroxylation sites is 2. The maximum absolute atomic E-state index is 6.00. The Labute approximate surface area is 123 Å². The quantitative estimate of drug-likeness (QED) is 0.780. The fraction of sp³-hybridized carbons (Fsp3) is 0.353. The van der Waals surface area contributed by atoms with Gasteiger partial charge in [-0.25, -0.2) is 4.98 Å². The van der Waals surface area contributed by atoms with Gasteiger partial charge in [0.25, 0.3) is 0 Å². The number of nitrogens with one attached hydrogen (secondary N) is 1. The summed E-state index contributed by atoms with van der Waals surface area (Å²) in [6.45, 7) is 3.68. The maximum atomic E-state index is 6.00. The third-order valence-electron chi connectivity index (χ3n) is 4.05. The van der Waals surface area contributed by atoms with Crippen LogP contribution in [0.15, 0.2) is 41.1 Å². The molecule has 1 fully saturated rings. The third-order valence-corrected chi connectivity index (χ3v) is 4.05. The average Bonchev–Trinajstić information content (AvgIpc) is 3.14. The van der Waals surface area contributed by atoms with E-state index >= 15 is 0 Å². The molecular formula is C17H19N3O. The molecule has 1 aromatic carbocycles. The molecule has 4 rings (SSSR count). The molecule has 0 unspecified atom stereocenters. The van der Waals surface area contributed by atoms with Gasteiger partial charge in [-0.05, 0) is 43.5 Å². The standard InChI is InChI=1S/C17H19N3O/c1-12-8-14(21-17(12)9-18-13-6-7-13)10-20-11-19-15-4-2-3-5-16(15)20/h2-5,8,11,13,18H,6-7,9-10H2,1H3. The molecule has 0 spiro atoms. The monoisotopic (exact) mass is 281 g/mol. The summed E-state index contributed by atoms with van der Waals surface area (Å²) in [5.74, 6) is 2.05. The van der Waals surface area contributed by atoms with E-state index in [1.54, 1.807) is 0 Å². The molecule has 0 amide bonds. The molecule has 4 heteroatoms. The molecule has 1 saturated carbocycles. The largest absolute Gasteiger partial charge is 0.463 e. The van der Waals surface area contributed by atoms with Crippen molar-refractivity contribution in [1.29, 1.82) is 0 Å². The molecule has 0 saturated heterocycles. The van der Waals surface area contributed by atoms with E-state index in [1.165, 1.54) is 18.4 Å². The number of hydrogen-bond acceptors (Lipinski definition) is 3. The number of rotatable bonds is 5. The number of nitrogens with zero attached hydrogens (tertiary/aromatic N) is 2. The van der Waals surface area contributed by atoms with Gasteiger partial charge >= 0.3 is 0 Å². The summed E-state index contributed by atoms with van der Waals surface area (Å²) in [5, 5.41) is 3.50. The van der Waals surface area contributed by atoms with Gasteiger partial charge in [0.05, 0.1) is 30.5 Å². The van der Waals surface area contributed by atoms with Crippen molar-refractivity contribution in [2.24, 2.45) is 0 Å². The highest BCUT2D eigenvalue weighted by Crippen LogP contribution is 2.22. The van der Waals surface area contributed by atoms with Gasteiger partial charge in [-0.3, -0.25) is 0 Å². The van der Waals surface area contributed by atoms with E-state index in [0.717, 1.165) is 35.6 Å². The number of fused-ring (bicyclic) bond motifs is 1. The Morgan fingerprint density at radius 2 is 2.19 bits per heavy atom. The minimum atomic E-state index is 0.704. The lowest BCUT2D eigenvalue weighted by Gasteiger charge is -2.02. The lowest BCUT2D eigenvalue weighted by atomic mass is 10.2. The predicted octanol–water partition coefficient (Wildman–Crippen LogP) is 3.24. The van der Waals surface area contributed by atoms with Crippen LogP contribution in [0.3, 0.4) is 0 Å². The highest BCUT2D eigenvalue weighted by molar-refractivity contribution is 5.74. The van der Waals surface area contributed by atoms with Crippen LogP contribution in [0.2, 0.25) is 0 Å². The number of hydrogen-bond donors (Lipinski definition) is 1. The number of aryl methyl sites for hydroxylation is 1. The summed E-state index contributed by atoms with van der Waals surface area (Å²) in [7, 11) is 0. The summed E-state index contributed by atoms with van der Waals surface area (Å²) in [6, 6.07) is 11.0. The first-order valence-corrected chi connectivity index (χ1v) is 7.51. The third kappa shape index (κ3) is 2.59. The minimum Gasteiger partial charge on any atom is -0.463 e. The van der Waals surface area contributed by atoms with Gasteiger partial charge in [0.2, 0.25) is 0 Å². The molecule has 3 aromatic rings. The van der Waals surface area contributed by atoms with Gasteiger partial charge < -0.3 is 14.3 Å². The predicted molar refractivity (Wildman–Crippen MR) is 82.1 cm³/mol. The van der Waals surface area contributed by atoms with E-state index in [0.29, 0.717) is 6.04 Å². The first-order chi connectivity index (χ1) is 10.3. The summed E-state index contributed by atoms with van der Waals surface area (Å²) < 4.78 is 8.13. The SMILES string of the molecule is Cc1cc(Cn2cnc3ccccc32)oc1CNC1CC1. The van der Waals surface area contributed by atoms with Crippen molar-refractivity contribution in [3.63, 3.8) is 0 Å². The van der Waals surface area contributed by atoms with Crippen LogP contribution in [-0.4, -0.2) is 15.6 Å². The molecule has 1 aliphatic carbocycles. The number of furan rings is 1. The van der Waals surface area contributed by atoms with Crippen LogP contribution in [-0.2, 0) is 13.1 Å². The zero-order chi connectivity index (χ0) is 14.2. The van der Waals surface area contributed by atoms with Gasteiger partial charge in [-0.2, -0.15) is 0 Å². The molecule has 0 atom stereocenters. The van der Waals surface area contributed by atoms with Crippen LogP contribution in [0.5, 0.6) is 0 Å². The van der Waals surface area contributed by atoms with E-state index in [2.05, 4.69) is 33.9 Å². The van der Waals surface area contributed by atoms with Crippen molar-refractivity contribution in [3.05, 3.63) is 53.7 Å². The minimum absolute atomic E-state index is 0.704. The molecule has 2 aromatic heterocycles. The van der Waals surface area contributed by atoms with Crippen LogP contribution >= 0.6 is 0 Å². The van der Waals surface area contributed by atoms with Crippen molar-refractivity contribution in [1.82, 2.24) is 14.9 Å². The molecule has 0 aliphatic heterocycles. The topological polar surface area (TPSA) is 43.0 Å². The number of aromatic nitrogens is 2. The maximum Gasteiger partial charge on any atom is 0.124 e. The normalized spacial score (nSPS) is 14.9. The molecule has 0 bridgehead atoms. The highest BCUT2D eigenvalue weighted by Gasteiger charge is 2.21. The lowest BCUT2D eigenvalue weighted by molar-refractivity contribution is 0.436. The Hall–Kier alpha value is -2.07. The van der Waals surface area contributed by atoms with E-state index in [-0.39, 0.29) is 0 Å². The second-order valence-corrected chi connectivity index (χ2v) is 5.84. The first-order valence-electron chi connectivity index (χ1n) is 7.51. The van der Waals surface area contributed by atoms with E-state index in [1.807, 2.05) is 24.5 Å². The Morgan fingerprint density at radius 1 is 1.33 bits per heavy atom. The number of benzene rings is 1. The summed E-state index contributed by atoms with van der Waals surface area (Å²) in [5.41, 5.74) is 3.39. The first kappa shape index (κ1) is 12.7. The van der Waals surface area contributed by atoms with Crippen molar-refractivity contribution in [2.45, 2.75) is 38.9 Å². The Balaban J connectivity index is 1.54. The van der Waals surface area contributed by atoms with Crippen molar-refractivity contribution in [3.8, 4) is 0 Å². The second kappa shape index (κ2) is 5.04. The van der Waals surface area contributed by atoms with Crippen molar-refractivity contribution in [2.75, 3.05) is 0 Å². The lowest BCUT2D eigenvalue weighted by Crippen LogP contribution is -2.15. The van der Waals surface area contributed by atoms with Gasteiger partial charge in [-0.1, -0.05) is 12.1 Å². The summed E-state index contributed by atoms with van der Waals surface area (Å²) in [4.78, 5) is 4.42. The van der Waals surface area contributed by atoms with Crippen molar-refractivity contribution >= 4 is 11.0 Å². The molecule has 4 nitrogen and oxygen atoms in total. The van der Waals surface area contributed by atoms with Crippen LogP contribution in [0, 0.1) is 6.92 Å². The molecule has 1 N–H and O–H groups in total. The van der Waals surface area contributed by atoms with Crippen LogP contribution in [0.4, 0.5) is 0 Å². The summed E-state index contributed by atoms with van der Waals surface area (Å²) >= 11 is 0. The molecule has 21 heavy (non-hydrogen) atoms. The average molecular weight is 281 g/mol. The van der Waals surface area contributed by atoms with E-state index < -0.39 is 0 Å². The van der Waals surface area contributed by atoms with E-state index in [4.69, 9.17) is 4.42 Å². The van der Waals surface area contributed by atoms with Gasteiger partial charge in [0.15, 0.2) is 0 Å². The second-order valence-electron chi connectivity index (χ2n) is 5.84. The highest BCUT2D eigenvalue weighted by atomic mass is 16.3.